The molecule has 3 nitrogen and oxygen atoms in total. The molecule has 1 aliphatic carbocycles. The van der Waals surface area contributed by atoms with Crippen molar-refractivity contribution in [3.05, 3.63) is 59.7 Å². The van der Waals surface area contributed by atoms with Crippen molar-refractivity contribution < 1.29 is 18.3 Å². The summed E-state index contributed by atoms with van der Waals surface area (Å²) in [6.07, 6.45) is 9.94. The van der Waals surface area contributed by atoms with Crippen LogP contribution >= 0.6 is 0 Å². The number of benzene rings is 1. The van der Waals surface area contributed by atoms with E-state index in [-0.39, 0.29) is 11.9 Å². The van der Waals surface area contributed by atoms with Gasteiger partial charge in [-0.1, -0.05) is 12.2 Å². The monoisotopic (exact) mass is 345 g/mol. The Kier molecular flexibility index (Phi) is 7.34. The van der Waals surface area contributed by atoms with Crippen molar-refractivity contribution in [1.29, 1.82) is 5.26 Å². The van der Waals surface area contributed by atoms with Gasteiger partial charge in [0.2, 0.25) is 0 Å². The molecule has 0 N–H and O–H groups in total. The molecule has 0 heterocycles. The van der Waals surface area contributed by atoms with E-state index in [9.17, 15) is 13.6 Å². The van der Waals surface area contributed by atoms with Crippen LogP contribution in [0, 0.1) is 23.1 Å². The van der Waals surface area contributed by atoms with Crippen LogP contribution in [0.25, 0.3) is 0 Å². The highest BCUT2D eigenvalue weighted by molar-refractivity contribution is 5.89. The molecule has 1 aliphatic rings. The first-order valence-electron chi connectivity index (χ1n) is 8.47. The summed E-state index contributed by atoms with van der Waals surface area (Å²) >= 11 is 0. The standard InChI is InChI=1S/C20H21F2NO2/c21-17-10-8-16(9-11-17)20(24)25-19-12-6-15(7-13-19)4-2-1-3-5-18(22)14-23/h1,3,5,8-11,15,19H,2,4,6-7,12-13H2/t15-,19-. The van der Waals surface area contributed by atoms with Crippen molar-refractivity contribution in [2.45, 2.75) is 44.6 Å². The molecule has 25 heavy (non-hydrogen) atoms. The highest BCUT2D eigenvalue weighted by Crippen LogP contribution is 2.30. The van der Waals surface area contributed by atoms with Gasteiger partial charge in [-0.2, -0.15) is 9.65 Å². The maximum absolute atomic E-state index is 12.9. The molecular weight excluding hydrogens is 324 g/mol. The molecule has 1 aromatic carbocycles. The smallest absolute Gasteiger partial charge is 0.338 e. The molecule has 2 rings (SSSR count). The fourth-order valence-corrected chi connectivity index (χ4v) is 2.96. The Morgan fingerprint density at radius 3 is 2.56 bits per heavy atom. The fraction of sp³-hybridized carbons (Fsp3) is 0.400. The Bertz CT molecular complexity index is 666. The maximum Gasteiger partial charge on any atom is 0.338 e. The molecular formula is C20H21F2NO2. The third kappa shape index (κ3) is 6.50. The molecule has 5 heteroatoms. The van der Waals surface area contributed by atoms with Gasteiger partial charge in [0.15, 0.2) is 5.83 Å². The number of rotatable bonds is 6. The second-order valence-electron chi connectivity index (χ2n) is 6.19. The minimum absolute atomic E-state index is 0.0861. The summed E-state index contributed by atoms with van der Waals surface area (Å²) in [4.78, 5) is 12.0. The second kappa shape index (κ2) is 9.73. The fourth-order valence-electron chi connectivity index (χ4n) is 2.96. The van der Waals surface area contributed by atoms with E-state index < -0.39 is 11.8 Å². The molecule has 132 valence electrons. The summed E-state index contributed by atoms with van der Waals surface area (Å²) in [6, 6.07) is 6.78. The van der Waals surface area contributed by atoms with Crippen LogP contribution in [0.2, 0.25) is 0 Å². The first kappa shape index (κ1) is 18.9. The highest BCUT2D eigenvalue weighted by Gasteiger charge is 2.23. The lowest BCUT2D eigenvalue weighted by atomic mass is 9.84. The van der Waals surface area contributed by atoms with Gasteiger partial charge in [0, 0.05) is 0 Å². The van der Waals surface area contributed by atoms with Crippen molar-refractivity contribution in [3.8, 4) is 6.07 Å². The molecule has 1 saturated carbocycles. The van der Waals surface area contributed by atoms with Crippen LogP contribution in [0.4, 0.5) is 8.78 Å². The van der Waals surface area contributed by atoms with Crippen LogP contribution < -0.4 is 0 Å². The van der Waals surface area contributed by atoms with Gasteiger partial charge in [-0.05, 0) is 74.8 Å². The summed E-state index contributed by atoms with van der Waals surface area (Å²) in [5.74, 6) is -1.01. The zero-order chi connectivity index (χ0) is 18.1. The van der Waals surface area contributed by atoms with Gasteiger partial charge in [0.05, 0.1) is 5.56 Å². The number of halogens is 2. The normalized spacial score (nSPS) is 21.1. The number of allylic oxidation sites excluding steroid dienone is 4. The predicted octanol–water partition coefficient (Wildman–Crippen LogP) is 5.25. The van der Waals surface area contributed by atoms with E-state index in [0.29, 0.717) is 11.5 Å². The van der Waals surface area contributed by atoms with E-state index in [2.05, 4.69) is 0 Å². The molecule has 0 saturated heterocycles. The Balaban J connectivity index is 1.68. The summed E-state index contributed by atoms with van der Waals surface area (Å²) in [6.45, 7) is 0. The number of carbonyl (C=O) groups excluding carboxylic acids is 1. The van der Waals surface area contributed by atoms with E-state index >= 15 is 0 Å². The van der Waals surface area contributed by atoms with Gasteiger partial charge in [-0.3, -0.25) is 0 Å². The Labute approximate surface area is 146 Å². The second-order valence-corrected chi connectivity index (χ2v) is 6.19. The SMILES string of the molecule is N#CC(F)=CC=CCC[C@H]1CC[C@H](OC(=O)c2ccc(F)cc2)CC1. The Morgan fingerprint density at radius 2 is 1.92 bits per heavy atom. The van der Waals surface area contributed by atoms with E-state index in [0.717, 1.165) is 44.6 Å². The quantitative estimate of drug-likeness (QED) is 0.402. The molecule has 0 amide bonds. The molecule has 1 aromatic rings. The lowest BCUT2D eigenvalue weighted by Crippen LogP contribution is -2.24. The van der Waals surface area contributed by atoms with E-state index in [4.69, 9.17) is 10.00 Å². The van der Waals surface area contributed by atoms with Gasteiger partial charge in [-0.25, -0.2) is 9.18 Å². The summed E-state index contributed by atoms with van der Waals surface area (Å²) in [5.41, 5.74) is 0.367. The van der Waals surface area contributed by atoms with Crippen LogP contribution in [0.1, 0.15) is 48.9 Å². The predicted molar refractivity (Wildman–Crippen MR) is 90.7 cm³/mol. The first-order chi connectivity index (χ1) is 12.1. The van der Waals surface area contributed by atoms with Gasteiger partial charge >= 0.3 is 5.97 Å². The Hall–Kier alpha value is -2.48. The van der Waals surface area contributed by atoms with Crippen molar-refractivity contribution in [2.75, 3.05) is 0 Å². The number of hydrogen-bond donors (Lipinski definition) is 0. The minimum Gasteiger partial charge on any atom is -0.459 e. The van der Waals surface area contributed by atoms with E-state index in [1.165, 1.54) is 30.3 Å². The number of hydrogen-bond acceptors (Lipinski definition) is 3. The van der Waals surface area contributed by atoms with Gasteiger partial charge in [0.1, 0.15) is 18.0 Å². The zero-order valence-electron chi connectivity index (χ0n) is 14.0. The molecule has 0 spiro atoms. The van der Waals surface area contributed by atoms with E-state index in [1.54, 1.807) is 6.08 Å². The molecule has 0 bridgehead atoms. The minimum atomic E-state index is -0.792. The van der Waals surface area contributed by atoms with Crippen molar-refractivity contribution in [1.82, 2.24) is 0 Å². The van der Waals surface area contributed by atoms with Crippen LogP contribution in [0.3, 0.4) is 0 Å². The topological polar surface area (TPSA) is 50.1 Å². The molecule has 0 aliphatic heterocycles. The number of nitrogens with zero attached hydrogens (tertiary/aromatic N) is 1. The molecule has 1 fully saturated rings. The third-order valence-electron chi connectivity index (χ3n) is 4.37. The van der Waals surface area contributed by atoms with Gasteiger partial charge < -0.3 is 4.74 Å². The lowest BCUT2D eigenvalue weighted by Gasteiger charge is -2.28. The summed E-state index contributed by atoms with van der Waals surface area (Å²) in [7, 11) is 0. The largest absolute Gasteiger partial charge is 0.459 e. The highest BCUT2D eigenvalue weighted by atomic mass is 19.1. The third-order valence-corrected chi connectivity index (χ3v) is 4.37. The van der Waals surface area contributed by atoms with Gasteiger partial charge in [-0.15, -0.1) is 0 Å². The van der Waals surface area contributed by atoms with Crippen molar-refractivity contribution >= 4 is 5.97 Å². The van der Waals surface area contributed by atoms with Crippen LogP contribution in [0.15, 0.2) is 48.3 Å². The molecule has 0 unspecified atom stereocenters. The van der Waals surface area contributed by atoms with Crippen LogP contribution in [-0.4, -0.2) is 12.1 Å². The maximum atomic E-state index is 12.9. The number of esters is 1. The van der Waals surface area contributed by atoms with Crippen LogP contribution in [0.5, 0.6) is 0 Å². The van der Waals surface area contributed by atoms with Crippen molar-refractivity contribution in [2.24, 2.45) is 5.92 Å². The molecule has 0 radical (unpaired) electrons. The average molecular weight is 345 g/mol. The number of ether oxygens (including phenoxy) is 1. The molecule has 0 atom stereocenters. The van der Waals surface area contributed by atoms with E-state index in [1.807, 2.05) is 6.08 Å². The molecule has 0 aromatic heterocycles. The number of carbonyl (C=O) groups is 1. The average Bonchev–Trinajstić information content (AvgIpc) is 2.63. The lowest BCUT2D eigenvalue weighted by molar-refractivity contribution is 0.0162. The number of nitriles is 1. The summed E-state index contributed by atoms with van der Waals surface area (Å²) in [5, 5.41) is 8.29. The zero-order valence-corrected chi connectivity index (χ0v) is 14.0. The van der Waals surface area contributed by atoms with Crippen LogP contribution in [-0.2, 0) is 4.74 Å². The van der Waals surface area contributed by atoms with Crippen molar-refractivity contribution in [3.63, 3.8) is 0 Å². The first-order valence-corrected chi connectivity index (χ1v) is 8.47. The summed E-state index contributed by atoms with van der Waals surface area (Å²) < 4.78 is 31.0. The Morgan fingerprint density at radius 1 is 1.24 bits per heavy atom. The van der Waals surface area contributed by atoms with Gasteiger partial charge in [0.25, 0.3) is 0 Å².